The van der Waals surface area contributed by atoms with E-state index in [1.165, 1.54) is 7.05 Å². The van der Waals surface area contributed by atoms with Crippen molar-refractivity contribution >= 4 is 39.9 Å². The molecule has 26 heavy (non-hydrogen) atoms. The van der Waals surface area contributed by atoms with Crippen LogP contribution in [0.4, 0.5) is 5.69 Å². The molecule has 0 spiro atoms. The molecule has 0 saturated carbocycles. The topological polar surface area (TPSA) is 90.3 Å². The fraction of sp³-hybridized carbons (Fsp3) is 0.111. The van der Waals surface area contributed by atoms with Crippen LogP contribution in [-0.2, 0) is 16.6 Å². The van der Waals surface area contributed by atoms with Gasteiger partial charge in [0.2, 0.25) is 0 Å². The van der Waals surface area contributed by atoms with E-state index in [1.54, 1.807) is 48.5 Å². The van der Waals surface area contributed by atoms with E-state index in [0.717, 1.165) is 4.68 Å². The van der Waals surface area contributed by atoms with Gasteiger partial charge < -0.3 is 10.1 Å². The zero-order chi connectivity index (χ0) is 18.7. The number of halogens is 1. The SMILES string of the molecule is Cn1nc(C(=O)OCC(=O)Nc2ccc(Cl)cc2)c2ccccc2c1=O. The Kier molecular flexibility index (Phi) is 4.99. The zero-order valence-electron chi connectivity index (χ0n) is 13.7. The lowest BCUT2D eigenvalue weighted by molar-refractivity contribution is -0.119. The molecule has 0 fully saturated rings. The van der Waals surface area contributed by atoms with Gasteiger partial charge in [-0.05, 0) is 30.3 Å². The number of esters is 1. The molecule has 1 aromatic heterocycles. The minimum absolute atomic E-state index is 0.0259. The van der Waals surface area contributed by atoms with Gasteiger partial charge in [0.1, 0.15) is 0 Å². The molecule has 2 aromatic carbocycles. The second-order valence-electron chi connectivity index (χ2n) is 5.45. The Bertz CT molecular complexity index is 1040. The van der Waals surface area contributed by atoms with E-state index in [-0.39, 0.29) is 11.3 Å². The Morgan fingerprint density at radius 3 is 2.46 bits per heavy atom. The van der Waals surface area contributed by atoms with Crippen LogP contribution in [0.2, 0.25) is 5.02 Å². The average molecular weight is 372 g/mol. The molecule has 132 valence electrons. The van der Waals surface area contributed by atoms with Gasteiger partial charge in [-0.1, -0.05) is 29.8 Å². The third kappa shape index (κ3) is 3.73. The second-order valence-corrected chi connectivity index (χ2v) is 5.89. The molecule has 0 saturated heterocycles. The summed E-state index contributed by atoms with van der Waals surface area (Å²) in [6, 6.07) is 13.1. The number of aryl methyl sites for hydroxylation is 1. The number of carbonyl (C=O) groups is 2. The molecule has 1 N–H and O–H groups in total. The Morgan fingerprint density at radius 2 is 1.77 bits per heavy atom. The summed E-state index contributed by atoms with van der Waals surface area (Å²) in [7, 11) is 1.44. The molecule has 1 amide bonds. The van der Waals surface area contributed by atoms with Crippen molar-refractivity contribution in [2.24, 2.45) is 7.05 Å². The minimum atomic E-state index is -0.789. The van der Waals surface area contributed by atoms with Crippen molar-refractivity contribution in [1.82, 2.24) is 9.78 Å². The number of amides is 1. The summed E-state index contributed by atoms with van der Waals surface area (Å²) in [5.74, 6) is -1.29. The van der Waals surface area contributed by atoms with Crippen molar-refractivity contribution < 1.29 is 14.3 Å². The average Bonchev–Trinajstić information content (AvgIpc) is 2.64. The van der Waals surface area contributed by atoms with Gasteiger partial charge in [0.25, 0.3) is 11.5 Å². The van der Waals surface area contributed by atoms with Crippen molar-refractivity contribution in [3.8, 4) is 0 Å². The Labute approximate surface area is 153 Å². The molecular formula is C18H14ClN3O4. The predicted molar refractivity (Wildman–Crippen MR) is 97.3 cm³/mol. The van der Waals surface area contributed by atoms with Crippen molar-refractivity contribution in [2.75, 3.05) is 11.9 Å². The molecule has 3 rings (SSSR count). The maximum absolute atomic E-state index is 12.3. The highest BCUT2D eigenvalue weighted by Gasteiger charge is 2.18. The number of anilines is 1. The normalized spacial score (nSPS) is 10.5. The van der Waals surface area contributed by atoms with Crippen LogP contribution < -0.4 is 10.9 Å². The molecule has 0 atom stereocenters. The molecule has 8 heteroatoms. The van der Waals surface area contributed by atoms with Crippen molar-refractivity contribution in [2.45, 2.75) is 0 Å². The quantitative estimate of drug-likeness (QED) is 0.711. The highest BCUT2D eigenvalue weighted by Crippen LogP contribution is 2.15. The van der Waals surface area contributed by atoms with Gasteiger partial charge in [-0.3, -0.25) is 9.59 Å². The Hall–Kier alpha value is -3.19. The highest BCUT2D eigenvalue weighted by atomic mass is 35.5. The summed E-state index contributed by atoms with van der Waals surface area (Å²) < 4.78 is 6.10. The fourth-order valence-corrected chi connectivity index (χ4v) is 2.51. The maximum atomic E-state index is 12.3. The summed E-state index contributed by atoms with van der Waals surface area (Å²) in [5, 5.41) is 7.81. The number of hydrogen-bond acceptors (Lipinski definition) is 5. The van der Waals surface area contributed by atoms with Crippen LogP contribution in [0.5, 0.6) is 0 Å². The minimum Gasteiger partial charge on any atom is -0.451 e. The summed E-state index contributed by atoms with van der Waals surface area (Å²) in [6.07, 6.45) is 0. The third-order valence-corrected chi connectivity index (χ3v) is 3.86. The molecule has 0 unspecified atom stereocenters. The Morgan fingerprint density at radius 1 is 1.12 bits per heavy atom. The standard InChI is InChI=1S/C18H14ClN3O4/c1-22-17(24)14-5-3-2-4-13(14)16(21-22)18(25)26-10-15(23)20-12-8-6-11(19)7-9-12/h2-9H,10H2,1H3,(H,20,23). The molecule has 0 bridgehead atoms. The van der Waals surface area contributed by atoms with Crippen molar-refractivity contribution in [3.05, 3.63) is 69.6 Å². The number of fused-ring (bicyclic) bond motifs is 1. The van der Waals surface area contributed by atoms with Crippen LogP contribution >= 0.6 is 11.6 Å². The van der Waals surface area contributed by atoms with Gasteiger partial charge in [-0.2, -0.15) is 5.10 Å². The second kappa shape index (κ2) is 7.37. The monoisotopic (exact) mass is 371 g/mol. The lowest BCUT2D eigenvalue weighted by Gasteiger charge is -2.09. The van der Waals surface area contributed by atoms with Crippen LogP contribution in [0.15, 0.2) is 53.3 Å². The van der Waals surface area contributed by atoms with E-state index in [0.29, 0.717) is 21.5 Å². The van der Waals surface area contributed by atoms with Crippen molar-refractivity contribution in [3.63, 3.8) is 0 Å². The van der Waals surface area contributed by atoms with E-state index in [2.05, 4.69) is 10.4 Å². The number of nitrogens with zero attached hydrogens (tertiary/aromatic N) is 2. The molecule has 0 aliphatic heterocycles. The fourth-order valence-electron chi connectivity index (χ4n) is 2.38. The number of benzene rings is 2. The smallest absolute Gasteiger partial charge is 0.359 e. The molecule has 0 aliphatic rings. The highest BCUT2D eigenvalue weighted by molar-refractivity contribution is 6.30. The number of aromatic nitrogens is 2. The van der Waals surface area contributed by atoms with Gasteiger partial charge in [0.05, 0.1) is 5.39 Å². The van der Waals surface area contributed by atoms with E-state index in [9.17, 15) is 14.4 Å². The summed E-state index contributed by atoms with van der Waals surface area (Å²) in [6.45, 7) is -0.486. The lowest BCUT2D eigenvalue weighted by atomic mass is 10.1. The third-order valence-electron chi connectivity index (χ3n) is 3.61. The molecule has 0 aliphatic carbocycles. The zero-order valence-corrected chi connectivity index (χ0v) is 14.5. The van der Waals surface area contributed by atoms with E-state index in [4.69, 9.17) is 16.3 Å². The van der Waals surface area contributed by atoms with Gasteiger partial charge >= 0.3 is 5.97 Å². The molecule has 0 radical (unpaired) electrons. The Balaban J connectivity index is 1.73. The van der Waals surface area contributed by atoms with Crippen LogP contribution in [-0.4, -0.2) is 28.3 Å². The maximum Gasteiger partial charge on any atom is 0.359 e. The molecule has 3 aromatic rings. The van der Waals surface area contributed by atoms with Crippen LogP contribution in [0.25, 0.3) is 10.8 Å². The number of rotatable bonds is 4. The first kappa shape index (κ1) is 17.6. The number of hydrogen-bond donors (Lipinski definition) is 1. The predicted octanol–water partition coefficient (Wildman–Crippen LogP) is 2.38. The van der Waals surface area contributed by atoms with Crippen LogP contribution in [0.1, 0.15) is 10.5 Å². The summed E-state index contributed by atoms with van der Waals surface area (Å²) >= 11 is 5.78. The number of ether oxygens (including phenoxy) is 1. The number of carbonyl (C=O) groups excluding carboxylic acids is 2. The first-order chi connectivity index (χ1) is 12.5. The van der Waals surface area contributed by atoms with E-state index in [1.807, 2.05) is 0 Å². The number of nitrogens with one attached hydrogen (secondary N) is 1. The van der Waals surface area contributed by atoms with Crippen LogP contribution in [0.3, 0.4) is 0 Å². The van der Waals surface area contributed by atoms with Gasteiger partial charge in [-0.15, -0.1) is 0 Å². The summed E-state index contributed by atoms with van der Waals surface area (Å²) in [5.41, 5.74) is 0.181. The lowest BCUT2D eigenvalue weighted by Crippen LogP contribution is -2.26. The van der Waals surface area contributed by atoms with Gasteiger partial charge in [-0.25, -0.2) is 9.48 Å². The van der Waals surface area contributed by atoms with Gasteiger partial charge in [0.15, 0.2) is 12.3 Å². The summed E-state index contributed by atoms with van der Waals surface area (Å²) in [4.78, 5) is 36.3. The van der Waals surface area contributed by atoms with E-state index >= 15 is 0 Å². The first-order valence-corrected chi connectivity index (χ1v) is 8.02. The van der Waals surface area contributed by atoms with Gasteiger partial charge in [0, 0.05) is 23.1 Å². The van der Waals surface area contributed by atoms with Crippen LogP contribution in [0, 0.1) is 0 Å². The largest absolute Gasteiger partial charge is 0.451 e. The van der Waals surface area contributed by atoms with Crippen molar-refractivity contribution in [1.29, 1.82) is 0 Å². The molecule has 7 nitrogen and oxygen atoms in total. The van der Waals surface area contributed by atoms with E-state index < -0.39 is 18.5 Å². The first-order valence-electron chi connectivity index (χ1n) is 7.64. The molecular weight excluding hydrogens is 358 g/mol. The molecule has 1 heterocycles.